The van der Waals surface area contributed by atoms with E-state index in [-0.39, 0.29) is 11.6 Å². The molecule has 22 heavy (non-hydrogen) atoms. The molecule has 118 valence electrons. The Bertz CT molecular complexity index is 614. The third-order valence-corrected chi connectivity index (χ3v) is 3.32. The summed E-state index contributed by atoms with van der Waals surface area (Å²) in [4.78, 5) is 25.0. The van der Waals surface area contributed by atoms with Gasteiger partial charge in [-0.15, -0.1) is 0 Å². The van der Waals surface area contributed by atoms with Crippen LogP contribution in [-0.2, 0) is 4.79 Å². The number of hydrogen-bond acceptors (Lipinski definition) is 5. The Morgan fingerprint density at radius 3 is 2.09 bits per heavy atom. The molecule has 0 saturated carbocycles. The van der Waals surface area contributed by atoms with Crippen molar-refractivity contribution < 1.29 is 23.8 Å². The normalized spacial score (nSPS) is 16.0. The first-order valence-corrected chi connectivity index (χ1v) is 6.70. The Hall–Kier alpha value is -2.70. The first-order valence-electron chi connectivity index (χ1n) is 6.70. The maximum atomic E-state index is 12.1. The van der Waals surface area contributed by atoms with Gasteiger partial charge in [0.25, 0.3) is 5.91 Å². The molecule has 0 radical (unpaired) electrons. The van der Waals surface area contributed by atoms with Crippen LogP contribution in [-0.4, -0.2) is 44.7 Å². The first-order chi connectivity index (χ1) is 10.5. The molecule has 0 aliphatic carbocycles. The molecule has 0 aromatic heterocycles. The number of carbonyl (C=O) groups excluding carboxylic acids is 2. The Morgan fingerprint density at radius 1 is 1.09 bits per heavy atom. The largest absolute Gasteiger partial charge is 0.496 e. The zero-order valence-electron chi connectivity index (χ0n) is 12.9. The standard InChI is InChI=1S/C15H18N2O5/c1-5-17-14(18)11(16-15(17)19)8-10-12(21-3)6-9(20-2)7-13(10)22-4/h6-8H,5H2,1-4H3,(H,16,19)/b11-8+. The van der Waals surface area contributed by atoms with Gasteiger partial charge in [-0.25, -0.2) is 4.79 Å². The van der Waals surface area contributed by atoms with E-state index < -0.39 is 6.03 Å². The van der Waals surface area contributed by atoms with E-state index in [1.165, 1.54) is 27.4 Å². The summed E-state index contributed by atoms with van der Waals surface area (Å²) in [6.45, 7) is 2.04. The van der Waals surface area contributed by atoms with Crippen molar-refractivity contribution in [3.63, 3.8) is 0 Å². The number of rotatable bonds is 5. The summed E-state index contributed by atoms with van der Waals surface area (Å²) < 4.78 is 15.8. The summed E-state index contributed by atoms with van der Waals surface area (Å²) in [6.07, 6.45) is 1.53. The first kappa shape index (κ1) is 15.7. The van der Waals surface area contributed by atoms with Crippen molar-refractivity contribution in [2.45, 2.75) is 6.92 Å². The predicted molar refractivity (Wildman–Crippen MR) is 80.0 cm³/mol. The highest BCUT2D eigenvalue weighted by Gasteiger charge is 2.32. The second kappa shape index (κ2) is 6.38. The Morgan fingerprint density at radius 2 is 1.68 bits per heavy atom. The third kappa shape index (κ3) is 2.69. The summed E-state index contributed by atoms with van der Waals surface area (Å²) in [5.41, 5.74) is 0.723. The van der Waals surface area contributed by atoms with Crippen LogP contribution in [0, 0.1) is 0 Å². The summed E-state index contributed by atoms with van der Waals surface area (Å²) in [5.74, 6) is 1.13. The van der Waals surface area contributed by atoms with Gasteiger partial charge in [0.15, 0.2) is 0 Å². The van der Waals surface area contributed by atoms with Crippen LogP contribution in [0.15, 0.2) is 17.8 Å². The Labute approximate surface area is 128 Å². The van der Waals surface area contributed by atoms with E-state index in [9.17, 15) is 9.59 Å². The number of carbonyl (C=O) groups is 2. The summed E-state index contributed by atoms with van der Waals surface area (Å²) in [5, 5.41) is 2.54. The predicted octanol–water partition coefficient (Wildman–Crippen LogP) is 1.62. The molecule has 7 nitrogen and oxygen atoms in total. The van der Waals surface area contributed by atoms with Crippen molar-refractivity contribution in [2.24, 2.45) is 0 Å². The minimum absolute atomic E-state index is 0.175. The highest BCUT2D eigenvalue weighted by atomic mass is 16.5. The second-order valence-electron chi connectivity index (χ2n) is 4.48. The second-order valence-corrected chi connectivity index (χ2v) is 4.48. The SMILES string of the molecule is CCN1C(=O)N/C(=C/c2c(OC)cc(OC)cc2OC)C1=O. The lowest BCUT2D eigenvalue weighted by Crippen LogP contribution is -2.30. The Kier molecular flexibility index (Phi) is 4.55. The molecule has 7 heteroatoms. The van der Waals surface area contributed by atoms with Gasteiger partial charge in [0, 0.05) is 18.7 Å². The van der Waals surface area contributed by atoms with Crippen LogP contribution in [0.5, 0.6) is 17.2 Å². The van der Waals surface area contributed by atoms with E-state index >= 15 is 0 Å². The van der Waals surface area contributed by atoms with Crippen LogP contribution in [0.4, 0.5) is 4.79 Å². The van der Waals surface area contributed by atoms with E-state index in [2.05, 4.69) is 5.32 Å². The fourth-order valence-electron chi connectivity index (χ4n) is 2.18. The molecule has 3 amide bonds. The van der Waals surface area contributed by atoms with Gasteiger partial charge in [-0.2, -0.15) is 0 Å². The summed E-state index contributed by atoms with van der Waals surface area (Å²) in [7, 11) is 4.54. The van der Waals surface area contributed by atoms with Gasteiger partial charge in [-0.3, -0.25) is 9.69 Å². The maximum Gasteiger partial charge on any atom is 0.328 e. The van der Waals surface area contributed by atoms with Gasteiger partial charge < -0.3 is 19.5 Å². The van der Waals surface area contributed by atoms with Crippen molar-refractivity contribution >= 4 is 18.0 Å². The minimum atomic E-state index is -0.440. The molecule has 0 bridgehead atoms. The molecule has 1 N–H and O–H groups in total. The molecule has 1 aromatic carbocycles. The molecule has 0 atom stereocenters. The number of nitrogens with one attached hydrogen (secondary N) is 1. The van der Waals surface area contributed by atoms with E-state index in [1.807, 2.05) is 0 Å². The highest BCUT2D eigenvalue weighted by Crippen LogP contribution is 2.36. The number of methoxy groups -OCH3 is 3. The van der Waals surface area contributed by atoms with Gasteiger partial charge >= 0.3 is 6.03 Å². The number of hydrogen-bond donors (Lipinski definition) is 1. The highest BCUT2D eigenvalue weighted by molar-refractivity contribution is 6.14. The van der Waals surface area contributed by atoms with Gasteiger partial charge in [-0.05, 0) is 13.0 Å². The Balaban J connectivity index is 2.51. The topological polar surface area (TPSA) is 77.1 Å². The zero-order valence-corrected chi connectivity index (χ0v) is 12.9. The van der Waals surface area contributed by atoms with E-state index in [0.717, 1.165) is 4.90 Å². The number of benzene rings is 1. The molecule has 2 rings (SSSR count). The van der Waals surface area contributed by atoms with Crippen molar-refractivity contribution in [1.82, 2.24) is 10.2 Å². The quantitative estimate of drug-likeness (QED) is 0.661. The third-order valence-electron chi connectivity index (χ3n) is 3.32. The lowest BCUT2D eigenvalue weighted by Gasteiger charge is -2.13. The van der Waals surface area contributed by atoms with Crippen molar-refractivity contribution in [2.75, 3.05) is 27.9 Å². The fourth-order valence-corrected chi connectivity index (χ4v) is 2.18. The summed E-state index contributed by atoms with van der Waals surface area (Å²) in [6, 6.07) is 2.91. The number of amides is 3. The molecule has 1 saturated heterocycles. The average molecular weight is 306 g/mol. The number of imide groups is 1. The summed E-state index contributed by atoms with van der Waals surface area (Å²) >= 11 is 0. The molecule has 1 heterocycles. The number of ether oxygens (including phenoxy) is 3. The lowest BCUT2D eigenvalue weighted by atomic mass is 10.1. The van der Waals surface area contributed by atoms with Crippen LogP contribution in [0.3, 0.4) is 0 Å². The van der Waals surface area contributed by atoms with Crippen LogP contribution in [0.1, 0.15) is 12.5 Å². The van der Waals surface area contributed by atoms with Gasteiger partial charge in [0.1, 0.15) is 22.9 Å². The average Bonchev–Trinajstić information content (AvgIpc) is 2.80. The lowest BCUT2D eigenvalue weighted by molar-refractivity contribution is -0.122. The number of likely N-dealkylation sites (N-methyl/N-ethyl adjacent to an activating group) is 1. The monoisotopic (exact) mass is 306 g/mol. The molecule has 1 aromatic rings. The molecular formula is C15H18N2O5. The molecule has 0 spiro atoms. The van der Waals surface area contributed by atoms with Gasteiger partial charge in [-0.1, -0.05) is 0 Å². The van der Waals surface area contributed by atoms with Crippen LogP contribution in [0.25, 0.3) is 6.08 Å². The smallest absolute Gasteiger partial charge is 0.328 e. The van der Waals surface area contributed by atoms with Gasteiger partial charge in [0.05, 0.1) is 26.9 Å². The molecule has 1 aliphatic rings. The maximum absolute atomic E-state index is 12.1. The molecular weight excluding hydrogens is 288 g/mol. The minimum Gasteiger partial charge on any atom is -0.496 e. The van der Waals surface area contributed by atoms with Gasteiger partial charge in [0.2, 0.25) is 0 Å². The van der Waals surface area contributed by atoms with Crippen molar-refractivity contribution in [1.29, 1.82) is 0 Å². The number of urea groups is 1. The number of nitrogens with zero attached hydrogens (tertiary/aromatic N) is 1. The van der Waals surface area contributed by atoms with Crippen molar-refractivity contribution in [3.8, 4) is 17.2 Å². The van der Waals surface area contributed by atoms with Crippen molar-refractivity contribution in [3.05, 3.63) is 23.4 Å². The van der Waals surface area contributed by atoms with Crippen LogP contribution < -0.4 is 19.5 Å². The molecule has 1 aliphatic heterocycles. The van der Waals surface area contributed by atoms with Crippen LogP contribution in [0.2, 0.25) is 0 Å². The zero-order chi connectivity index (χ0) is 16.3. The molecule has 0 unspecified atom stereocenters. The van der Waals surface area contributed by atoms with Crippen LogP contribution >= 0.6 is 0 Å². The van der Waals surface area contributed by atoms with E-state index in [1.54, 1.807) is 19.1 Å². The van der Waals surface area contributed by atoms with E-state index in [4.69, 9.17) is 14.2 Å². The van der Waals surface area contributed by atoms with E-state index in [0.29, 0.717) is 29.4 Å². The fraction of sp³-hybridized carbons (Fsp3) is 0.333. The molecule has 1 fully saturated rings.